The Kier molecular flexibility index (Phi) is 5.58. The van der Waals surface area contributed by atoms with Gasteiger partial charge in [-0.05, 0) is 36.4 Å². The van der Waals surface area contributed by atoms with Crippen molar-refractivity contribution >= 4 is 29.0 Å². The molecule has 0 saturated carbocycles. The van der Waals surface area contributed by atoms with E-state index in [4.69, 9.17) is 0 Å². The highest BCUT2D eigenvalue weighted by Gasteiger charge is 2.27. The largest absolute Gasteiger partial charge is 0.326 e. The van der Waals surface area contributed by atoms with Gasteiger partial charge in [0, 0.05) is 23.9 Å². The number of amides is 2. The molecule has 0 spiro atoms. The summed E-state index contributed by atoms with van der Waals surface area (Å²) in [5.41, 5.74) is 0.771. The van der Waals surface area contributed by atoms with Crippen molar-refractivity contribution < 1.29 is 18.8 Å². The molecule has 0 heterocycles. The minimum Gasteiger partial charge on any atom is -0.326 e. The third-order valence-electron chi connectivity index (χ3n) is 3.23. The second-order valence-corrected chi connectivity index (χ2v) is 5.18. The van der Waals surface area contributed by atoms with Gasteiger partial charge in [0.25, 0.3) is 0 Å². The summed E-state index contributed by atoms with van der Waals surface area (Å²) in [5, 5.41) is 14.1. The molecule has 0 bridgehead atoms. The van der Waals surface area contributed by atoms with Gasteiger partial charge in [-0.1, -0.05) is 12.1 Å². The first-order chi connectivity index (χ1) is 11.9. The zero-order chi connectivity index (χ0) is 18.4. The molecule has 2 N–H and O–H groups in total. The van der Waals surface area contributed by atoms with E-state index in [0.29, 0.717) is 5.69 Å². The number of hydrogen-bond acceptors (Lipinski definition) is 4. The maximum Gasteiger partial charge on any atom is 0.249 e. The molecular weight excluding hydrogens is 325 g/mol. The van der Waals surface area contributed by atoms with Gasteiger partial charge in [0.2, 0.25) is 11.8 Å². The van der Waals surface area contributed by atoms with E-state index in [1.54, 1.807) is 12.1 Å². The van der Waals surface area contributed by atoms with E-state index >= 15 is 0 Å². The molecule has 0 saturated heterocycles. The third kappa shape index (κ3) is 4.72. The molecule has 2 aromatic rings. The maximum atomic E-state index is 12.9. The van der Waals surface area contributed by atoms with Gasteiger partial charge < -0.3 is 10.6 Å². The van der Waals surface area contributed by atoms with Crippen molar-refractivity contribution in [3.63, 3.8) is 0 Å². The first-order valence-electron chi connectivity index (χ1n) is 7.28. The van der Waals surface area contributed by atoms with Gasteiger partial charge in [0.05, 0.1) is 6.07 Å². The molecule has 7 heteroatoms. The SMILES string of the molecule is CC(=O)Nc1cccc(C(=O)[C@H](C#N)C(=O)Nc2ccc(F)cc2)c1. The average Bonchev–Trinajstić information content (AvgIpc) is 2.57. The van der Waals surface area contributed by atoms with E-state index in [1.807, 2.05) is 0 Å². The highest BCUT2D eigenvalue weighted by atomic mass is 19.1. The summed E-state index contributed by atoms with van der Waals surface area (Å²) < 4.78 is 12.9. The number of carbonyl (C=O) groups excluding carboxylic acids is 3. The Balaban J connectivity index is 2.17. The summed E-state index contributed by atoms with van der Waals surface area (Å²) in [6, 6.07) is 12.6. The van der Waals surface area contributed by atoms with Crippen LogP contribution in [0.3, 0.4) is 0 Å². The summed E-state index contributed by atoms with van der Waals surface area (Å²) in [7, 11) is 0. The van der Waals surface area contributed by atoms with E-state index in [2.05, 4.69) is 10.6 Å². The number of benzene rings is 2. The third-order valence-corrected chi connectivity index (χ3v) is 3.23. The Hall–Kier alpha value is -3.53. The first-order valence-corrected chi connectivity index (χ1v) is 7.28. The van der Waals surface area contributed by atoms with Crippen LogP contribution in [-0.4, -0.2) is 17.6 Å². The number of nitrogens with one attached hydrogen (secondary N) is 2. The molecule has 25 heavy (non-hydrogen) atoms. The van der Waals surface area contributed by atoms with Crippen LogP contribution >= 0.6 is 0 Å². The lowest BCUT2D eigenvalue weighted by Crippen LogP contribution is -2.28. The minimum absolute atomic E-state index is 0.118. The lowest BCUT2D eigenvalue weighted by Gasteiger charge is -2.11. The molecule has 0 aliphatic heterocycles. The minimum atomic E-state index is -1.57. The Labute approximate surface area is 143 Å². The molecule has 0 aliphatic carbocycles. The van der Waals surface area contributed by atoms with Crippen molar-refractivity contribution in [1.82, 2.24) is 0 Å². The summed E-state index contributed by atoms with van der Waals surface area (Å²) >= 11 is 0. The lowest BCUT2D eigenvalue weighted by molar-refractivity contribution is -0.117. The monoisotopic (exact) mass is 339 g/mol. The van der Waals surface area contributed by atoms with Gasteiger partial charge in [0.15, 0.2) is 11.7 Å². The molecule has 126 valence electrons. The summed E-state index contributed by atoms with van der Waals surface area (Å²) in [5.74, 6) is -3.87. The first kappa shape index (κ1) is 17.8. The molecule has 6 nitrogen and oxygen atoms in total. The van der Waals surface area contributed by atoms with Crippen LogP contribution in [0.4, 0.5) is 15.8 Å². The highest BCUT2D eigenvalue weighted by molar-refractivity contribution is 6.15. The predicted molar refractivity (Wildman–Crippen MR) is 89.2 cm³/mol. The molecule has 0 radical (unpaired) electrons. The Morgan fingerprint density at radius 1 is 1.04 bits per heavy atom. The number of anilines is 2. The highest BCUT2D eigenvalue weighted by Crippen LogP contribution is 2.17. The van der Waals surface area contributed by atoms with Crippen molar-refractivity contribution in [3.05, 3.63) is 59.9 Å². The van der Waals surface area contributed by atoms with Gasteiger partial charge in [-0.3, -0.25) is 14.4 Å². The number of nitriles is 1. The van der Waals surface area contributed by atoms with E-state index in [-0.39, 0.29) is 17.2 Å². The zero-order valence-corrected chi connectivity index (χ0v) is 13.2. The molecule has 0 fully saturated rings. The summed E-state index contributed by atoms with van der Waals surface area (Å²) in [6.45, 7) is 1.32. The standard InChI is InChI=1S/C18H14FN3O3/c1-11(23)21-15-4-2-3-12(9-15)17(24)16(10-20)18(25)22-14-7-5-13(19)6-8-14/h2-9,16H,1H3,(H,21,23)(H,22,25)/t16-/m0/s1. The average molecular weight is 339 g/mol. The summed E-state index contributed by atoms with van der Waals surface area (Å²) in [4.78, 5) is 35.7. The van der Waals surface area contributed by atoms with Crippen LogP contribution in [0.1, 0.15) is 17.3 Å². The summed E-state index contributed by atoms with van der Waals surface area (Å²) in [6.07, 6.45) is 0. The quantitative estimate of drug-likeness (QED) is 0.646. The Morgan fingerprint density at radius 2 is 1.72 bits per heavy atom. The molecule has 2 rings (SSSR count). The fourth-order valence-electron chi connectivity index (χ4n) is 2.10. The van der Waals surface area contributed by atoms with E-state index < -0.39 is 23.4 Å². The van der Waals surface area contributed by atoms with E-state index in [9.17, 15) is 24.0 Å². The fraction of sp³-hybridized carbons (Fsp3) is 0.111. The second-order valence-electron chi connectivity index (χ2n) is 5.18. The van der Waals surface area contributed by atoms with Crippen molar-refractivity contribution in [3.8, 4) is 6.07 Å². The maximum absolute atomic E-state index is 12.9. The molecular formula is C18H14FN3O3. The van der Waals surface area contributed by atoms with E-state index in [0.717, 1.165) is 12.1 Å². The second kappa shape index (κ2) is 7.84. The molecule has 2 amide bonds. The number of halogens is 1. The molecule has 1 atom stereocenters. The van der Waals surface area contributed by atoms with Crippen LogP contribution in [0, 0.1) is 23.1 Å². The Bertz CT molecular complexity index is 857. The van der Waals surface area contributed by atoms with Gasteiger partial charge in [0.1, 0.15) is 5.82 Å². The van der Waals surface area contributed by atoms with Crippen LogP contribution in [0.15, 0.2) is 48.5 Å². The number of hydrogen-bond donors (Lipinski definition) is 2. The molecule has 0 unspecified atom stereocenters. The van der Waals surface area contributed by atoms with Crippen LogP contribution < -0.4 is 10.6 Å². The van der Waals surface area contributed by atoms with Crippen molar-refractivity contribution in [2.45, 2.75) is 6.92 Å². The number of Topliss-reactive ketones (excluding diaryl/α,β-unsaturated/α-hetero) is 1. The van der Waals surface area contributed by atoms with Gasteiger partial charge in [-0.2, -0.15) is 5.26 Å². The van der Waals surface area contributed by atoms with Gasteiger partial charge >= 0.3 is 0 Å². The zero-order valence-electron chi connectivity index (χ0n) is 13.2. The van der Waals surface area contributed by atoms with Gasteiger partial charge in [-0.25, -0.2) is 4.39 Å². The van der Waals surface area contributed by atoms with Crippen LogP contribution in [0.2, 0.25) is 0 Å². The predicted octanol–water partition coefficient (Wildman–Crippen LogP) is 2.75. The molecule has 0 aromatic heterocycles. The smallest absolute Gasteiger partial charge is 0.249 e. The van der Waals surface area contributed by atoms with Crippen molar-refractivity contribution in [2.75, 3.05) is 10.6 Å². The van der Waals surface area contributed by atoms with Crippen LogP contribution in [-0.2, 0) is 9.59 Å². The lowest BCUT2D eigenvalue weighted by atomic mass is 9.97. The van der Waals surface area contributed by atoms with Crippen molar-refractivity contribution in [2.24, 2.45) is 5.92 Å². The number of rotatable bonds is 5. The number of carbonyl (C=O) groups is 3. The fourth-order valence-corrected chi connectivity index (χ4v) is 2.10. The number of nitrogens with zero attached hydrogens (tertiary/aromatic N) is 1. The van der Waals surface area contributed by atoms with Crippen molar-refractivity contribution in [1.29, 1.82) is 5.26 Å². The topological polar surface area (TPSA) is 99.1 Å². The van der Waals surface area contributed by atoms with Crippen LogP contribution in [0.25, 0.3) is 0 Å². The molecule has 2 aromatic carbocycles. The van der Waals surface area contributed by atoms with Crippen LogP contribution in [0.5, 0.6) is 0 Å². The normalized spacial score (nSPS) is 11.1. The molecule has 0 aliphatic rings. The Morgan fingerprint density at radius 3 is 2.32 bits per heavy atom. The van der Waals surface area contributed by atoms with Gasteiger partial charge in [-0.15, -0.1) is 0 Å². The number of ketones is 1. The van der Waals surface area contributed by atoms with E-state index in [1.165, 1.54) is 37.3 Å².